The first-order valence-corrected chi connectivity index (χ1v) is 4.52. The molecule has 0 saturated heterocycles. The SMILES string of the molecule is Cc1nc(OC(C)C(F)(F)F)ncc1C(=O)O. The molecule has 0 saturated carbocycles. The molecule has 1 heterocycles. The summed E-state index contributed by atoms with van der Waals surface area (Å²) in [4.78, 5) is 17.5. The van der Waals surface area contributed by atoms with Crippen molar-refractivity contribution < 1.29 is 27.8 Å². The molecule has 17 heavy (non-hydrogen) atoms. The van der Waals surface area contributed by atoms with E-state index in [1.165, 1.54) is 6.92 Å². The minimum atomic E-state index is -4.53. The Morgan fingerprint density at radius 3 is 2.53 bits per heavy atom. The molecule has 1 aromatic rings. The van der Waals surface area contributed by atoms with E-state index >= 15 is 0 Å². The molecule has 0 spiro atoms. The van der Waals surface area contributed by atoms with Crippen LogP contribution in [0, 0.1) is 6.92 Å². The lowest BCUT2D eigenvalue weighted by atomic mass is 10.2. The third kappa shape index (κ3) is 3.30. The van der Waals surface area contributed by atoms with Gasteiger partial charge in [-0.2, -0.15) is 18.2 Å². The van der Waals surface area contributed by atoms with Crippen LogP contribution >= 0.6 is 0 Å². The Bertz CT molecular complexity index is 434. The quantitative estimate of drug-likeness (QED) is 0.885. The first-order chi connectivity index (χ1) is 7.71. The van der Waals surface area contributed by atoms with Crippen LogP contribution in [0.25, 0.3) is 0 Å². The zero-order valence-electron chi connectivity index (χ0n) is 8.95. The summed E-state index contributed by atoms with van der Waals surface area (Å²) in [5.41, 5.74) is -0.145. The number of aromatic nitrogens is 2. The fourth-order valence-electron chi connectivity index (χ4n) is 0.937. The standard InChI is InChI=1S/C9H9F3N2O3/c1-4-6(7(15)16)3-13-8(14-4)17-5(2)9(10,11)12/h3,5H,1-2H3,(H,15,16). The molecule has 1 atom stereocenters. The second kappa shape index (κ2) is 4.56. The second-order valence-electron chi connectivity index (χ2n) is 3.26. The van der Waals surface area contributed by atoms with Crippen molar-refractivity contribution in [3.63, 3.8) is 0 Å². The first-order valence-electron chi connectivity index (χ1n) is 4.52. The molecule has 94 valence electrons. The number of hydrogen-bond acceptors (Lipinski definition) is 4. The maximum Gasteiger partial charge on any atom is 0.425 e. The summed E-state index contributed by atoms with van der Waals surface area (Å²) < 4.78 is 41.0. The lowest BCUT2D eigenvalue weighted by Gasteiger charge is -2.16. The van der Waals surface area contributed by atoms with Crippen LogP contribution in [0.1, 0.15) is 23.0 Å². The Labute approximate surface area is 94.3 Å². The molecule has 0 radical (unpaired) electrons. The monoisotopic (exact) mass is 250 g/mol. The average molecular weight is 250 g/mol. The topological polar surface area (TPSA) is 72.3 Å². The fourth-order valence-corrected chi connectivity index (χ4v) is 0.937. The van der Waals surface area contributed by atoms with Crippen LogP contribution in [0.2, 0.25) is 0 Å². The zero-order valence-corrected chi connectivity index (χ0v) is 8.95. The van der Waals surface area contributed by atoms with E-state index in [9.17, 15) is 18.0 Å². The van der Waals surface area contributed by atoms with E-state index < -0.39 is 24.3 Å². The number of nitrogens with zero attached hydrogens (tertiary/aromatic N) is 2. The summed E-state index contributed by atoms with van der Waals surface area (Å²) in [5, 5.41) is 8.67. The number of hydrogen-bond donors (Lipinski definition) is 1. The summed E-state index contributed by atoms with van der Waals surface area (Å²) in [7, 11) is 0. The summed E-state index contributed by atoms with van der Waals surface area (Å²) in [6.45, 7) is 2.15. The van der Waals surface area contributed by atoms with E-state index in [1.807, 2.05) is 0 Å². The molecule has 0 fully saturated rings. The van der Waals surface area contributed by atoms with Crippen molar-refractivity contribution in [3.05, 3.63) is 17.5 Å². The molecule has 0 aromatic carbocycles. The Kier molecular flexibility index (Phi) is 3.54. The third-order valence-corrected chi connectivity index (χ3v) is 1.93. The fraction of sp³-hybridized carbons (Fsp3) is 0.444. The normalized spacial score (nSPS) is 13.2. The Balaban J connectivity index is 2.88. The molecule has 0 bridgehead atoms. The van der Waals surface area contributed by atoms with Gasteiger partial charge in [0.1, 0.15) is 0 Å². The number of alkyl halides is 3. The summed E-state index contributed by atoms with van der Waals surface area (Å²) in [6.07, 6.45) is -5.68. The molecule has 1 aromatic heterocycles. The molecule has 1 unspecified atom stereocenters. The van der Waals surface area contributed by atoms with Gasteiger partial charge in [-0.3, -0.25) is 0 Å². The van der Waals surface area contributed by atoms with Gasteiger partial charge in [0.25, 0.3) is 0 Å². The Morgan fingerprint density at radius 1 is 1.53 bits per heavy atom. The van der Waals surface area contributed by atoms with Crippen LogP contribution < -0.4 is 4.74 Å². The lowest BCUT2D eigenvalue weighted by Crippen LogP contribution is -2.31. The third-order valence-electron chi connectivity index (χ3n) is 1.93. The highest BCUT2D eigenvalue weighted by atomic mass is 19.4. The summed E-state index contributed by atoms with van der Waals surface area (Å²) >= 11 is 0. The van der Waals surface area contributed by atoms with Gasteiger partial charge in [0.15, 0.2) is 6.10 Å². The molecule has 0 aliphatic heterocycles. The van der Waals surface area contributed by atoms with Crippen molar-refractivity contribution in [2.75, 3.05) is 0 Å². The molecule has 0 aliphatic rings. The van der Waals surface area contributed by atoms with Crippen LogP contribution in [0.15, 0.2) is 6.20 Å². The number of ether oxygens (including phenoxy) is 1. The van der Waals surface area contributed by atoms with Crippen molar-refractivity contribution in [3.8, 4) is 6.01 Å². The highest BCUT2D eigenvalue weighted by Crippen LogP contribution is 2.23. The van der Waals surface area contributed by atoms with Crippen molar-refractivity contribution in [1.82, 2.24) is 9.97 Å². The first kappa shape index (κ1) is 13.2. The second-order valence-corrected chi connectivity index (χ2v) is 3.26. The van der Waals surface area contributed by atoms with Gasteiger partial charge in [-0.15, -0.1) is 0 Å². The van der Waals surface area contributed by atoms with E-state index in [1.54, 1.807) is 0 Å². The number of aryl methyl sites for hydroxylation is 1. The molecular weight excluding hydrogens is 241 g/mol. The number of aromatic carboxylic acids is 1. The summed E-state index contributed by atoms with van der Waals surface area (Å²) in [5.74, 6) is -1.25. The number of carboxylic acid groups (broad SMARTS) is 1. The minimum Gasteiger partial charge on any atom is -0.478 e. The van der Waals surface area contributed by atoms with Gasteiger partial charge < -0.3 is 9.84 Å². The van der Waals surface area contributed by atoms with Gasteiger partial charge in [-0.05, 0) is 13.8 Å². The van der Waals surface area contributed by atoms with Crippen molar-refractivity contribution in [2.24, 2.45) is 0 Å². The minimum absolute atomic E-state index is 0.0388. The Morgan fingerprint density at radius 2 is 2.12 bits per heavy atom. The van der Waals surface area contributed by atoms with Crippen LogP contribution in [-0.4, -0.2) is 33.3 Å². The van der Waals surface area contributed by atoms with Gasteiger partial charge in [0.2, 0.25) is 0 Å². The maximum absolute atomic E-state index is 12.2. The molecule has 5 nitrogen and oxygen atoms in total. The lowest BCUT2D eigenvalue weighted by molar-refractivity contribution is -0.190. The largest absolute Gasteiger partial charge is 0.478 e. The molecule has 8 heteroatoms. The highest BCUT2D eigenvalue weighted by molar-refractivity contribution is 5.88. The van der Waals surface area contributed by atoms with Crippen LogP contribution in [0.4, 0.5) is 13.2 Å². The van der Waals surface area contributed by atoms with Crippen molar-refractivity contribution >= 4 is 5.97 Å². The van der Waals surface area contributed by atoms with Crippen molar-refractivity contribution in [1.29, 1.82) is 0 Å². The average Bonchev–Trinajstić information content (AvgIpc) is 2.15. The van der Waals surface area contributed by atoms with E-state index in [0.717, 1.165) is 13.1 Å². The number of rotatable bonds is 3. The number of carboxylic acids is 1. The Hall–Kier alpha value is -1.86. The number of carbonyl (C=O) groups is 1. The molecule has 0 amide bonds. The molecule has 0 aliphatic carbocycles. The molecule has 1 N–H and O–H groups in total. The van der Waals surface area contributed by atoms with E-state index in [4.69, 9.17) is 5.11 Å². The van der Waals surface area contributed by atoms with Crippen LogP contribution in [0.5, 0.6) is 6.01 Å². The zero-order chi connectivity index (χ0) is 13.2. The van der Waals surface area contributed by atoms with Gasteiger partial charge in [0, 0.05) is 6.20 Å². The molecular formula is C9H9F3N2O3. The molecule has 1 rings (SSSR count). The predicted molar refractivity (Wildman–Crippen MR) is 49.9 cm³/mol. The van der Waals surface area contributed by atoms with E-state index in [2.05, 4.69) is 14.7 Å². The van der Waals surface area contributed by atoms with Crippen molar-refractivity contribution in [2.45, 2.75) is 26.1 Å². The summed E-state index contributed by atoms with van der Waals surface area (Å²) in [6, 6.07) is -0.502. The smallest absolute Gasteiger partial charge is 0.425 e. The highest BCUT2D eigenvalue weighted by Gasteiger charge is 2.38. The van der Waals surface area contributed by atoms with Gasteiger partial charge >= 0.3 is 18.2 Å². The van der Waals surface area contributed by atoms with Crippen LogP contribution in [-0.2, 0) is 0 Å². The predicted octanol–water partition coefficient (Wildman–Crippen LogP) is 1.81. The van der Waals surface area contributed by atoms with Crippen LogP contribution in [0.3, 0.4) is 0 Å². The van der Waals surface area contributed by atoms with E-state index in [0.29, 0.717) is 0 Å². The van der Waals surface area contributed by atoms with Gasteiger partial charge in [-0.25, -0.2) is 9.78 Å². The maximum atomic E-state index is 12.2. The van der Waals surface area contributed by atoms with E-state index in [-0.39, 0.29) is 11.3 Å². The van der Waals surface area contributed by atoms with Gasteiger partial charge in [-0.1, -0.05) is 0 Å². The number of halogens is 3. The van der Waals surface area contributed by atoms with Gasteiger partial charge in [0.05, 0.1) is 11.3 Å².